The second-order valence-electron chi connectivity index (χ2n) is 18.5. The van der Waals surface area contributed by atoms with E-state index < -0.39 is 48.4 Å². The van der Waals surface area contributed by atoms with Crippen LogP contribution in [0.2, 0.25) is 0 Å². The van der Waals surface area contributed by atoms with Crippen molar-refractivity contribution in [1.82, 2.24) is 0 Å². The fourth-order valence-electron chi connectivity index (χ4n) is 9.18. The van der Waals surface area contributed by atoms with E-state index >= 15 is 9.59 Å². The zero-order chi connectivity index (χ0) is 53.6. The fraction of sp³-hybridized carbons (Fsp3) is 0.219. The molecule has 1 fully saturated rings. The van der Waals surface area contributed by atoms with Gasteiger partial charge < -0.3 is 52.8 Å². The summed E-state index contributed by atoms with van der Waals surface area (Å²) < 4.78 is 60.5. The minimum absolute atomic E-state index is 0.00146. The average Bonchev–Trinajstić information content (AvgIpc) is 3.53. The molecule has 0 spiro atoms. The third kappa shape index (κ3) is 12.6. The third-order valence-corrected chi connectivity index (χ3v) is 14.1. The number of carbonyl (C=O) groups is 2. The van der Waals surface area contributed by atoms with Crippen LogP contribution < -0.4 is 28.4 Å². The molecular weight excluding hydrogens is 1010 g/mol. The molecule has 2 aliphatic rings. The van der Waals surface area contributed by atoms with Crippen molar-refractivity contribution < 1.29 is 62.4 Å². The fourth-order valence-corrected chi connectivity index (χ4v) is 10.1. The van der Waals surface area contributed by atoms with Gasteiger partial charge in [0.15, 0.2) is 35.2 Å². The lowest BCUT2D eigenvalue weighted by molar-refractivity contribution is -0.206. The van der Waals surface area contributed by atoms with Crippen molar-refractivity contribution in [3.63, 3.8) is 0 Å². The van der Waals surface area contributed by atoms with Crippen LogP contribution in [0.15, 0.2) is 194 Å². The topological polar surface area (TPSA) is 158 Å². The molecule has 0 unspecified atom stereocenters. The molecular formula is C64H58O13S. The number of aliphatic hydroxyl groups is 2. The maximum atomic E-state index is 15.8. The van der Waals surface area contributed by atoms with Gasteiger partial charge in [0.25, 0.3) is 0 Å². The Hall–Kier alpha value is -8.27. The van der Waals surface area contributed by atoms with Crippen LogP contribution in [-0.4, -0.2) is 64.4 Å². The number of hydrogen-bond donors (Lipinski definition) is 2. The first-order valence-corrected chi connectivity index (χ1v) is 26.8. The minimum atomic E-state index is -1.65. The Morgan fingerprint density at radius 1 is 0.436 bits per heavy atom. The van der Waals surface area contributed by atoms with Crippen molar-refractivity contribution in [3.8, 4) is 45.6 Å². The molecule has 14 heteroatoms. The van der Waals surface area contributed by atoms with E-state index in [1.54, 1.807) is 0 Å². The zero-order valence-electron chi connectivity index (χ0n) is 42.8. The Morgan fingerprint density at radius 3 is 1.06 bits per heavy atom. The summed E-state index contributed by atoms with van der Waals surface area (Å²) in [4.78, 5) is 31.6. The molecule has 78 heavy (non-hydrogen) atoms. The van der Waals surface area contributed by atoms with Gasteiger partial charge in [-0.05, 0) is 51.3 Å². The summed E-state index contributed by atoms with van der Waals surface area (Å²) in [6, 6.07) is 60.1. The molecule has 0 aliphatic carbocycles. The second-order valence-corrected chi connectivity index (χ2v) is 19.8. The molecule has 0 saturated carbocycles. The van der Waals surface area contributed by atoms with Crippen LogP contribution in [0.1, 0.15) is 61.0 Å². The molecule has 1 saturated heterocycles. The van der Waals surface area contributed by atoms with Gasteiger partial charge in [0.05, 0.1) is 17.7 Å². The third-order valence-electron chi connectivity index (χ3n) is 13.1. The van der Waals surface area contributed by atoms with Crippen molar-refractivity contribution in [2.24, 2.45) is 0 Å². The van der Waals surface area contributed by atoms with Crippen molar-refractivity contribution >= 4 is 23.7 Å². The normalized spacial score (nSPS) is 17.7. The lowest BCUT2D eigenvalue weighted by Gasteiger charge is -2.43. The van der Waals surface area contributed by atoms with E-state index in [-0.39, 0.29) is 96.4 Å². The van der Waals surface area contributed by atoms with Crippen molar-refractivity contribution in [1.29, 1.82) is 0 Å². The van der Waals surface area contributed by atoms with Gasteiger partial charge in [-0.1, -0.05) is 189 Å². The van der Waals surface area contributed by atoms with Gasteiger partial charge in [-0.25, -0.2) is 9.59 Å². The minimum Gasteiger partial charge on any atom is -0.485 e. The largest absolute Gasteiger partial charge is 0.485 e. The van der Waals surface area contributed by atoms with Crippen molar-refractivity contribution in [3.05, 3.63) is 239 Å². The Labute approximate surface area is 457 Å². The first-order valence-electron chi connectivity index (χ1n) is 25.8. The first-order chi connectivity index (χ1) is 38.3. The Bertz CT molecular complexity index is 3040. The Kier molecular flexibility index (Phi) is 17.5. The van der Waals surface area contributed by atoms with Gasteiger partial charge in [0.1, 0.15) is 57.3 Å². The van der Waals surface area contributed by atoms with Crippen LogP contribution in [0.5, 0.6) is 34.5 Å². The highest BCUT2D eigenvalue weighted by atomic mass is 32.2. The zero-order valence-corrected chi connectivity index (χ0v) is 43.6. The lowest BCUT2D eigenvalue weighted by atomic mass is 9.90. The lowest BCUT2D eigenvalue weighted by Crippen LogP contribution is -2.60. The van der Waals surface area contributed by atoms with E-state index in [2.05, 4.69) is 0 Å². The predicted octanol–water partition coefficient (Wildman–Crippen LogP) is 11.7. The number of hydrogen-bond acceptors (Lipinski definition) is 14. The van der Waals surface area contributed by atoms with Gasteiger partial charge in [0, 0.05) is 11.1 Å². The molecule has 398 valence electrons. The maximum absolute atomic E-state index is 15.8. The summed E-state index contributed by atoms with van der Waals surface area (Å²) in [6.45, 7) is 1.29. The molecule has 2 N–H and O–H groups in total. The van der Waals surface area contributed by atoms with Crippen LogP contribution >= 0.6 is 11.8 Å². The number of thioether (sulfide) groups is 1. The van der Waals surface area contributed by atoms with Gasteiger partial charge in [-0.15, -0.1) is 11.8 Å². The van der Waals surface area contributed by atoms with E-state index in [9.17, 15) is 10.2 Å². The monoisotopic (exact) mass is 1070 g/mol. The summed E-state index contributed by atoms with van der Waals surface area (Å²) in [5.74, 6) is -1.04. The van der Waals surface area contributed by atoms with Crippen molar-refractivity contribution in [2.75, 3.05) is 12.4 Å². The quantitative estimate of drug-likeness (QED) is 0.0655. The predicted molar refractivity (Wildman–Crippen MR) is 295 cm³/mol. The standard InChI is InChI=1S/C64H58O13S/c1-2-78-64-61-60(55(66)52(35-65)75-64)76-62(67)48-33-50(69-36-42-21-9-3-10-22-42)56(71-38-44-25-13-5-14-26-44)58(73-40-46-29-17-7-18-30-46)53(48)54-49(63(68)77-61)34-51(70-37-43-23-11-4-12-24-43)57(72-39-45-27-15-6-16-28-45)59(54)74-41-47-31-19-8-20-32-47/h3-34,52,55,60-61,64-66H,2,35-41H2,1H3/t52-,55-,60+,61-,64+/m1/s1. The van der Waals surface area contributed by atoms with E-state index in [4.69, 9.17) is 42.6 Å². The highest BCUT2D eigenvalue weighted by Crippen LogP contribution is 2.56. The molecule has 2 heterocycles. The SMILES string of the molecule is CCS[C@@H]1O[C@H](CO)[C@@H](O)[C@@H]2OC(=O)c3cc(OCc4ccccc4)c(OCc4ccccc4)c(OCc4ccccc4)c3-c3c(cc(OCc4ccccc4)c(OCc4ccccc4)c3OCc3ccccc3)C(=O)O[C@H]21. The second kappa shape index (κ2) is 25.7. The molecule has 8 aromatic carbocycles. The Morgan fingerprint density at radius 2 is 0.744 bits per heavy atom. The van der Waals surface area contributed by atoms with Crippen LogP contribution in [-0.2, 0) is 53.9 Å². The summed E-state index contributed by atoms with van der Waals surface area (Å²) in [7, 11) is 0. The summed E-state index contributed by atoms with van der Waals surface area (Å²) >= 11 is 1.26. The average molecular weight is 1070 g/mol. The van der Waals surface area contributed by atoms with E-state index in [1.165, 1.54) is 23.9 Å². The summed E-state index contributed by atoms with van der Waals surface area (Å²) in [5.41, 5.74) is 3.53. The number of aliphatic hydroxyl groups excluding tert-OH is 2. The smallest absolute Gasteiger partial charge is 0.339 e. The van der Waals surface area contributed by atoms with Crippen LogP contribution in [0.4, 0.5) is 0 Å². The molecule has 2 aliphatic heterocycles. The number of esters is 2. The van der Waals surface area contributed by atoms with Gasteiger partial charge >= 0.3 is 11.9 Å². The number of benzene rings is 8. The van der Waals surface area contributed by atoms with Crippen LogP contribution in [0.25, 0.3) is 11.1 Å². The number of rotatable bonds is 21. The molecule has 8 aromatic rings. The van der Waals surface area contributed by atoms with Gasteiger partial charge in [-0.2, -0.15) is 0 Å². The first kappa shape index (κ1) is 53.1. The maximum Gasteiger partial charge on any atom is 0.339 e. The van der Waals surface area contributed by atoms with E-state index in [1.807, 2.05) is 189 Å². The summed E-state index contributed by atoms with van der Waals surface area (Å²) in [5, 5.41) is 22.5. The van der Waals surface area contributed by atoms with Crippen LogP contribution in [0, 0.1) is 0 Å². The molecule has 0 radical (unpaired) electrons. The summed E-state index contributed by atoms with van der Waals surface area (Å²) in [6.07, 6.45) is -5.79. The van der Waals surface area contributed by atoms with Crippen molar-refractivity contribution in [2.45, 2.75) is 76.4 Å². The number of fused-ring (bicyclic) bond motifs is 4. The van der Waals surface area contributed by atoms with Crippen LogP contribution in [0.3, 0.4) is 0 Å². The highest BCUT2D eigenvalue weighted by molar-refractivity contribution is 7.99. The molecule has 0 aromatic heterocycles. The van der Waals surface area contributed by atoms with E-state index in [0.717, 1.165) is 33.4 Å². The van der Waals surface area contributed by atoms with E-state index in [0.29, 0.717) is 5.75 Å². The van der Waals surface area contributed by atoms with Gasteiger partial charge in [-0.3, -0.25) is 0 Å². The molecule has 0 amide bonds. The Balaban J connectivity index is 1.29. The number of carbonyl (C=O) groups excluding carboxylic acids is 2. The molecule has 13 nitrogen and oxygen atoms in total. The van der Waals surface area contributed by atoms with Gasteiger partial charge in [0.2, 0.25) is 11.5 Å². The molecule has 0 bridgehead atoms. The number of ether oxygens (including phenoxy) is 9. The molecule has 10 rings (SSSR count). The molecule has 5 atom stereocenters. The highest BCUT2D eigenvalue weighted by Gasteiger charge is 2.51.